The van der Waals surface area contributed by atoms with Crippen LogP contribution in [0.15, 0.2) is 96.0 Å². The van der Waals surface area contributed by atoms with Crippen LogP contribution in [0.25, 0.3) is 11.3 Å². The average Bonchev–Trinajstić information content (AvgIpc) is 2.79. The van der Waals surface area contributed by atoms with Crippen LogP contribution in [0.2, 0.25) is 0 Å². The predicted octanol–water partition coefficient (Wildman–Crippen LogP) is 7.83. The summed E-state index contributed by atoms with van der Waals surface area (Å²) in [4.78, 5) is 8.82. The van der Waals surface area contributed by atoms with E-state index in [0.717, 1.165) is 46.9 Å². The summed E-state index contributed by atoms with van der Waals surface area (Å²) in [6.07, 6.45) is 11.1. The van der Waals surface area contributed by atoms with Crippen molar-refractivity contribution in [2.75, 3.05) is 0 Å². The first-order valence-corrected chi connectivity index (χ1v) is 10.9. The van der Waals surface area contributed by atoms with E-state index < -0.39 is 0 Å². The molecule has 0 atom stereocenters. The molecule has 162 valence electrons. The van der Waals surface area contributed by atoms with Crippen molar-refractivity contribution < 1.29 is 4.74 Å². The summed E-state index contributed by atoms with van der Waals surface area (Å²) in [5.74, 6) is 1.63. The number of benzene rings is 1. The maximum Gasteiger partial charge on any atom is 0.128 e. The number of aromatic nitrogens is 1. The molecule has 0 radical (unpaired) electrons. The minimum atomic E-state index is -0.00145. The van der Waals surface area contributed by atoms with Crippen LogP contribution in [-0.2, 0) is 5.41 Å². The molecule has 0 amide bonds. The summed E-state index contributed by atoms with van der Waals surface area (Å²) >= 11 is 0. The van der Waals surface area contributed by atoms with Crippen molar-refractivity contribution in [3.63, 3.8) is 0 Å². The van der Waals surface area contributed by atoms with Gasteiger partial charge < -0.3 is 4.74 Å². The Hall–Kier alpha value is -3.20. The van der Waals surface area contributed by atoms with Crippen LogP contribution in [0.1, 0.15) is 53.0 Å². The van der Waals surface area contributed by atoms with E-state index in [1.807, 2.05) is 50.4 Å². The van der Waals surface area contributed by atoms with Crippen molar-refractivity contribution >= 4 is 6.21 Å². The van der Waals surface area contributed by atoms with E-state index in [4.69, 9.17) is 4.74 Å². The summed E-state index contributed by atoms with van der Waals surface area (Å²) < 4.78 is 6.28. The highest BCUT2D eigenvalue weighted by atomic mass is 16.5. The molecule has 0 fully saturated rings. The van der Waals surface area contributed by atoms with Crippen molar-refractivity contribution in [2.24, 2.45) is 4.99 Å². The van der Waals surface area contributed by atoms with Crippen LogP contribution >= 0.6 is 0 Å². The molecule has 0 bridgehead atoms. The van der Waals surface area contributed by atoms with Crippen LogP contribution in [-0.4, -0.2) is 11.2 Å². The molecule has 1 aromatic carbocycles. The topological polar surface area (TPSA) is 34.5 Å². The molecule has 3 rings (SSSR count). The number of nitrogens with zero attached hydrogens (tertiary/aromatic N) is 2. The van der Waals surface area contributed by atoms with Crippen LogP contribution in [0, 0.1) is 0 Å². The summed E-state index contributed by atoms with van der Waals surface area (Å²) in [6.45, 7) is 18.3. The van der Waals surface area contributed by atoms with Gasteiger partial charge in [-0.1, -0.05) is 59.9 Å². The Balaban J connectivity index is 0.00000166. The highest BCUT2D eigenvalue weighted by Crippen LogP contribution is 2.33. The number of ether oxygens (including phenoxy) is 1. The van der Waals surface area contributed by atoms with Crippen LogP contribution < -0.4 is 4.74 Å². The Labute approximate surface area is 187 Å². The molecule has 0 spiro atoms. The lowest BCUT2D eigenvalue weighted by molar-refractivity contribution is 0.435. The van der Waals surface area contributed by atoms with Crippen molar-refractivity contribution in [2.45, 2.75) is 52.9 Å². The molecule has 3 nitrogen and oxygen atoms in total. The predicted molar refractivity (Wildman–Crippen MR) is 134 cm³/mol. The zero-order chi connectivity index (χ0) is 22.9. The van der Waals surface area contributed by atoms with Crippen molar-refractivity contribution in [1.29, 1.82) is 0 Å². The minimum Gasteiger partial charge on any atom is -0.458 e. The Morgan fingerprint density at radius 1 is 1.16 bits per heavy atom. The van der Waals surface area contributed by atoms with Gasteiger partial charge >= 0.3 is 0 Å². The standard InChI is InChI=1S/C26H28N2O.C2H6/c1-6-13-27-19(2)20-10-9-11-23(16-20)29-24-17-21(25-12-7-8-14-28-25)15-22(18-24)26(3,4)5;1-2/h6-8,11-18H,1-2,9-10H2,3-5H3;1-2H3. The second-order valence-corrected chi connectivity index (χ2v) is 8.09. The van der Waals surface area contributed by atoms with Gasteiger partial charge in [-0.25, -0.2) is 0 Å². The smallest absolute Gasteiger partial charge is 0.128 e. The number of hydrogen-bond donors (Lipinski definition) is 0. The fourth-order valence-corrected chi connectivity index (χ4v) is 3.11. The second kappa shape index (κ2) is 11.3. The summed E-state index contributed by atoms with van der Waals surface area (Å²) in [7, 11) is 0. The van der Waals surface area contributed by atoms with Crippen LogP contribution in [0.4, 0.5) is 0 Å². The molecule has 0 unspecified atom stereocenters. The number of allylic oxidation sites excluding steroid dienone is 4. The largest absolute Gasteiger partial charge is 0.458 e. The Bertz CT molecular complexity index is 989. The Kier molecular flexibility index (Phi) is 8.75. The molecule has 0 aliphatic heterocycles. The zero-order valence-electron chi connectivity index (χ0n) is 19.5. The molecule has 31 heavy (non-hydrogen) atoms. The van der Waals surface area contributed by atoms with Gasteiger partial charge in [-0.05, 0) is 71.9 Å². The maximum atomic E-state index is 6.28. The molecule has 0 saturated carbocycles. The average molecular weight is 415 g/mol. The molecule has 0 N–H and O–H groups in total. The van der Waals surface area contributed by atoms with Crippen molar-refractivity contribution in [1.82, 2.24) is 4.98 Å². The third kappa shape index (κ3) is 6.92. The third-order valence-corrected chi connectivity index (χ3v) is 4.75. The fourth-order valence-electron chi connectivity index (χ4n) is 3.11. The van der Waals surface area contributed by atoms with E-state index in [-0.39, 0.29) is 5.41 Å². The summed E-state index contributed by atoms with van der Waals surface area (Å²) in [5.41, 5.74) is 5.02. The van der Waals surface area contributed by atoms with Gasteiger partial charge in [0.25, 0.3) is 0 Å². The molecular formula is C28H34N2O. The number of pyridine rings is 1. The molecule has 1 aliphatic rings. The molecule has 1 heterocycles. The quantitative estimate of drug-likeness (QED) is 0.451. The molecule has 1 aromatic heterocycles. The molecule has 2 aromatic rings. The minimum absolute atomic E-state index is 0.00145. The lowest BCUT2D eigenvalue weighted by atomic mass is 9.85. The van der Waals surface area contributed by atoms with Gasteiger partial charge in [0.15, 0.2) is 0 Å². The van der Waals surface area contributed by atoms with Gasteiger partial charge in [0.2, 0.25) is 0 Å². The van der Waals surface area contributed by atoms with Crippen molar-refractivity contribution in [3.05, 3.63) is 96.6 Å². The van der Waals surface area contributed by atoms with Crippen molar-refractivity contribution in [3.8, 4) is 17.0 Å². The number of aliphatic imine (C=N–C) groups is 1. The highest BCUT2D eigenvalue weighted by molar-refractivity contribution is 5.72. The fraction of sp³-hybridized carbons (Fsp3) is 0.286. The van der Waals surface area contributed by atoms with E-state index in [1.54, 1.807) is 12.3 Å². The molecule has 3 heteroatoms. The van der Waals surface area contributed by atoms with Gasteiger partial charge in [-0.15, -0.1) is 0 Å². The van der Waals surface area contributed by atoms with E-state index in [1.165, 1.54) is 5.56 Å². The first-order valence-electron chi connectivity index (χ1n) is 10.9. The summed E-state index contributed by atoms with van der Waals surface area (Å²) in [6, 6.07) is 12.3. The first-order chi connectivity index (χ1) is 14.9. The van der Waals surface area contributed by atoms with E-state index >= 15 is 0 Å². The maximum absolute atomic E-state index is 6.28. The van der Waals surface area contributed by atoms with Gasteiger partial charge in [0.1, 0.15) is 11.5 Å². The number of rotatable bonds is 6. The van der Waals surface area contributed by atoms with Crippen LogP contribution in [0.5, 0.6) is 5.75 Å². The second-order valence-electron chi connectivity index (χ2n) is 8.09. The highest BCUT2D eigenvalue weighted by Gasteiger charge is 2.18. The summed E-state index contributed by atoms with van der Waals surface area (Å²) in [5, 5.41) is 0. The zero-order valence-corrected chi connectivity index (χ0v) is 19.5. The first kappa shape index (κ1) is 24.1. The molecule has 0 saturated heterocycles. The van der Waals surface area contributed by atoms with Crippen LogP contribution in [0.3, 0.4) is 0 Å². The number of hydrogen-bond acceptors (Lipinski definition) is 3. The van der Waals surface area contributed by atoms with Gasteiger partial charge in [-0.2, -0.15) is 0 Å². The lowest BCUT2D eigenvalue weighted by Gasteiger charge is -2.22. The molecular weight excluding hydrogens is 380 g/mol. The van der Waals surface area contributed by atoms with E-state index in [2.05, 4.69) is 62.1 Å². The van der Waals surface area contributed by atoms with E-state index in [9.17, 15) is 0 Å². The SMILES string of the molecule is C=CC=NC(=C)C1=CC(Oc2cc(-c3ccccn3)cc(C(C)(C)C)c2)=CCC1.CC. The third-order valence-electron chi connectivity index (χ3n) is 4.75. The van der Waals surface area contributed by atoms with E-state index in [0.29, 0.717) is 0 Å². The Morgan fingerprint density at radius 3 is 2.58 bits per heavy atom. The van der Waals surface area contributed by atoms with Gasteiger partial charge in [0.05, 0.1) is 11.4 Å². The lowest BCUT2D eigenvalue weighted by Crippen LogP contribution is -2.11. The monoisotopic (exact) mass is 414 g/mol. The normalized spacial score (nSPS) is 13.6. The van der Waals surface area contributed by atoms with Gasteiger partial charge in [-0.3, -0.25) is 9.98 Å². The molecule has 1 aliphatic carbocycles. The van der Waals surface area contributed by atoms with Gasteiger partial charge in [0, 0.05) is 18.0 Å². The Morgan fingerprint density at radius 2 is 1.94 bits per heavy atom.